The number of hydrogen-bond acceptors (Lipinski definition) is 3. The highest BCUT2D eigenvalue weighted by Gasteiger charge is 2.16. The van der Waals surface area contributed by atoms with Gasteiger partial charge in [-0.1, -0.05) is 12.1 Å². The van der Waals surface area contributed by atoms with Crippen LogP contribution in [0.1, 0.15) is 23.6 Å². The lowest BCUT2D eigenvalue weighted by atomic mass is 10.0. The lowest BCUT2D eigenvalue weighted by Crippen LogP contribution is -2.48. The third kappa shape index (κ3) is 4.10. The second kappa shape index (κ2) is 7.13. The molecule has 0 aliphatic carbocycles. The number of halogens is 1. The van der Waals surface area contributed by atoms with Gasteiger partial charge >= 0.3 is 0 Å². The van der Waals surface area contributed by atoms with Gasteiger partial charge in [-0.15, -0.1) is 12.4 Å². The summed E-state index contributed by atoms with van der Waals surface area (Å²) in [5.74, 6) is 1.02. The minimum absolute atomic E-state index is 0. The Hall–Kier alpha value is -0.770. The molecule has 1 aromatic carbocycles. The van der Waals surface area contributed by atoms with Crippen LogP contribution in [0.15, 0.2) is 12.1 Å². The normalized spacial score (nSPS) is 19.9. The molecular formula is C15H25ClN2O. The number of aryl methyl sites for hydroxylation is 2. The van der Waals surface area contributed by atoms with Crippen LogP contribution in [0.5, 0.6) is 5.75 Å². The second-order valence-electron chi connectivity index (χ2n) is 5.35. The van der Waals surface area contributed by atoms with Crippen LogP contribution in [-0.4, -0.2) is 37.7 Å². The number of nitrogens with one attached hydrogen (secondary N) is 1. The Morgan fingerprint density at radius 3 is 2.47 bits per heavy atom. The number of methoxy groups -OCH3 is 1. The smallest absolute Gasteiger partial charge is 0.124 e. The summed E-state index contributed by atoms with van der Waals surface area (Å²) in [7, 11) is 1.74. The zero-order chi connectivity index (χ0) is 13.1. The number of piperazine rings is 1. The van der Waals surface area contributed by atoms with E-state index in [0.717, 1.165) is 31.9 Å². The number of ether oxygens (including phenoxy) is 1. The van der Waals surface area contributed by atoms with Crippen LogP contribution in [0.2, 0.25) is 0 Å². The summed E-state index contributed by atoms with van der Waals surface area (Å²) < 4.78 is 5.41. The molecule has 1 fully saturated rings. The molecule has 1 aliphatic heterocycles. The standard InChI is InChI=1S/C15H24N2O.ClH/c1-11-7-14(8-12(2)15(11)18-4)10-17-6-5-16-13(3)9-17;/h7-8,13,16H,5-6,9-10H2,1-4H3;1H/t13-;/m0./s1. The molecule has 0 spiro atoms. The molecule has 1 aliphatic rings. The van der Waals surface area contributed by atoms with Gasteiger partial charge in [0.05, 0.1) is 7.11 Å². The van der Waals surface area contributed by atoms with Crippen molar-refractivity contribution in [3.63, 3.8) is 0 Å². The highest BCUT2D eigenvalue weighted by Crippen LogP contribution is 2.25. The van der Waals surface area contributed by atoms with Gasteiger partial charge in [-0.05, 0) is 37.5 Å². The predicted molar refractivity (Wildman–Crippen MR) is 82.5 cm³/mol. The summed E-state index contributed by atoms with van der Waals surface area (Å²) in [6.07, 6.45) is 0. The van der Waals surface area contributed by atoms with Crippen molar-refractivity contribution in [1.29, 1.82) is 0 Å². The summed E-state index contributed by atoms with van der Waals surface area (Å²) in [5.41, 5.74) is 3.85. The van der Waals surface area contributed by atoms with Gasteiger partial charge in [0.25, 0.3) is 0 Å². The maximum Gasteiger partial charge on any atom is 0.124 e. The topological polar surface area (TPSA) is 24.5 Å². The first-order valence-electron chi connectivity index (χ1n) is 6.70. The second-order valence-corrected chi connectivity index (χ2v) is 5.35. The first kappa shape index (κ1) is 16.3. The molecule has 0 unspecified atom stereocenters. The van der Waals surface area contributed by atoms with Crippen LogP contribution in [0.25, 0.3) is 0 Å². The highest BCUT2D eigenvalue weighted by molar-refractivity contribution is 5.85. The van der Waals surface area contributed by atoms with Crippen LogP contribution in [0, 0.1) is 13.8 Å². The van der Waals surface area contributed by atoms with Crippen LogP contribution in [0.3, 0.4) is 0 Å². The monoisotopic (exact) mass is 284 g/mol. The molecule has 3 nitrogen and oxygen atoms in total. The van der Waals surface area contributed by atoms with E-state index >= 15 is 0 Å². The lowest BCUT2D eigenvalue weighted by molar-refractivity contribution is 0.199. The minimum atomic E-state index is 0. The van der Waals surface area contributed by atoms with E-state index in [1.54, 1.807) is 7.11 Å². The Labute approximate surface area is 122 Å². The Morgan fingerprint density at radius 2 is 1.95 bits per heavy atom. The van der Waals surface area contributed by atoms with Gasteiger partial charge < -0.3 is 10.1 Å². The molecule has 0 saturated carbocycles. The molecule has 0 radical (unpaired) electrons. The van der Waals surface area contributed by atoms with Crippen molar-refractivity contribution in [3.05, 3.63) is 28.8 Å². The van der Waals surface area contributed by atoms with E-state index in [2.05, 4.69) is 43.1 Å². The zero-order valence-corrected chi connectivity index (χ0v) is 13.1. The summed E-state index contributed by atoms with van der Waals surface area (Å²) >= 11 is 0. The third-order valence-electron chi connectivity index (χ3n) is 3.58. The first-order chi connectivity index (χ1) is 8.60. The SMILES string of the molecule is COc1c(C)cc(CN2CCN[C@@H](C)C2)cc1C.Cl. The van der Waals surface area contributed by atoms with Crippen LogP contribution < -0.4 is 10.1 Å². The minimum Gasteiger partial charge on any atom is -0.496 e. The number of nitrogens with zero attached hydrogens (tertiary/aromatic N) is 1. The largest absolute Gasteiger partial charge is 0.496 e. The van der Waals surface area contributed by atoms with Gasteiger partial charge in [0.2, 0.25) is 0 Å². The van der Waals surface area contributed by atoms with Gasteiger partial charge in [0.1, 0.15) is 5.75 Å². The summed E-state index contributed by atoms with van der Waals surface area (Å²) in [4.78, 5) is 2.52. The van der Waals surface area contributed by atoms with E-state index < -0.39 is 0 Å². The molecule has 19 heavy (non-hydrogen) atoms. The van der Waals surface area contributed by atoms with Crippen molar-refractivity contribution in [2.75, 3.05) is 26.7 Å². The van der Waals surface area contributed by atoms with Crippen molar-refractivity contribution in [2.45, 2.75) is 33.4 Å². The fraction of sp³-hybridized carbons (Fsp3) is 0.600. The molecule has 1 heterocycles. The Bertz CT molecular complexity index is 400. The number of benzene rings is 1. The fourth-order valence-electron chi connectivity index (χ4n) is 2.87. The van der Waals surface area contributed by atoms with E-state index in [1.807, 2.05) is 0 Å². The lowest BCUT2D eigenvalue weighted by Gasteiger charge is -2.32. The molecule has 1 N–H and O–H groups in total. The summed E-state index contributed by atoms with van der Waals surface area (Å²) in [5, 5.41) is 3.48. The number of rotatable bonds is 3. The average Bonchev–Trinajstić information content (AvgIpc) is 2.28. The van der Waals surface area contributed by atoms with Crippen LogP contribution >= 0.6 is 12.4 Å². The summed E-state index contributed by atoms with van der Waals surface area (Å²) in [6, 6.07) is 5.09. The van der Waals surface area contributed by atoms with Gasteiger partial charge in [-0.25, -0.2) is 0 Å². The van der Waals surface area contributed by atoms with Crippen molar-refractivity contribution in [3.8, 4) is 5.75 Å². The van der Waals surface area contributed by atoms with Crippen molar-refractivity contribution in [2.24, 2.45) is 0 Å². The maximum absolute atomic E-state index is 5.41. The summed E-state index contributed by atoms with van der Waals surface area (Å²) in [6.45, 7) is 10.9. The molecular weight excluding hydrogens is 260 g/mol. The molecule has 1 saturated heterocycles. The van der Waals surface area contributed by atoms with E-state index in [4.69, 9.17) is 4.74 Å². The van der Waals surface area contributed by atoms with E-state index in [9.17, 15) is 0 Å². The molecule has 1 aromatic rings. The van der Waals surface area contributed by atoms with Gasteiger partial charge in [0, 0.05) is 32.2 Å². The van der Waals surface area contributed by atoms with Crippen molar-refractivity contribution >= 4 is 12.4 Å². The van der Waals surface area contributed by atoms with E-state index in [0.29, 0.717) is 6.04 Å². The molecule has 0 bridgehead atoms. The number of hydrogen-bond donors (Lipinski definition) is 1. The zero-order valence-electron chi connectivity index (χ0n) is 12.3. The Kier molecular flexibility index (Phi) is 6.11. The van der Waals surface area contributed by atoms with E-state index in [1.165, 1.54) is 16.7 Å². The molecule has 0 aromatic heterocycles. The maximum atomic E-state index is 5.41. The molecule has 0 amide bonds. The van der Waals surface area contributed by atoms with Gasteiger partial charge in [-0.3, -0.25) is 4.90 Å². The molecule has 108 valence electrons. The predicted octanol–water partition coefficient (Wildman–Crippen LogP) is 2.53. The van der Waals surface area contributed by atoms with Gasteiger partial charge in [0.15, 0.2) is 0 Å². The van der Waals surface area contributed by atoms with Crippen LogP contribution in [-0.2, 0) is 6.54 Å². The average molecular weight is 285 g/mol. The Balaban J connectivity index is 0.00000180. The van der Waals surface area contributed by atoms with E-state index in [-0.39, 0.29) is 12.4 Å². The van der Waals surface area contributed by atoms with Crippen molar-refractivity contribution in [1.82, 2.24) is 10.2 Å². The fourth-order valence-corrected chi connectivity index (χ4v) is 2.87. The highest BCUT2D eigenvalue weighted by atomic mass is 35.5. The van der Waals surface area contributed by atoms with Crippen molar-refractivity contribution < 1.29 is 4.74 Å². The molecule has 1 atom stereocenters. The third-order valence-corrected chi connectivity index (χ3v) is 3.58. The van der Waals surface area contributed by atoms with Gasteiger partial charge in [-0.2, -0.15) is 0 Å². The quantitative estimate of drug-likeness (QED) is 0.923. The Morgan fingerprint density at radius 1 is 1.32 bits per heavy atom. The molecule has 2 rings (SSSR count). The first-order valence-corrected chi connectivity index (χ1v) is 6.70. The molecule has 4 heteroatoms. The van der Waals surface area contributed by atoms with Crippen LogP contribution in [0.4, 0.5) is 0 Å².